The number of nitrogens with zero attached hydrogens (tertiary/aromatic N) is 1. The second-order valence-electron chi connectivity index (χ2n) is 5.67. The molecule has 28 heavy (non-hydrogen) atoms. The van der Waals surface area contributed by atoms with Crippen LogP contribution in [0.1, 0.15) is 5.56 Å². The third-order valence-electron chi connectivity index (χ3n) is 3.69. The van der Waals surface area contributed by atoms with Crippen LogP contribution in [0.25, 0.3) is 0 Å². The highest BCUT2D eigenvalue weighted by Crippen LogP contribution is 2.31. The van der Waals surface area contributed by atoms with E-state index < -0.39 is 32.6 Å². The van der Waals surface area contributed by atoms with Crippen LogP contribution < -0.4 is 16.2 Å². The van der Waals surface area contributed by atoms with Crippen LogP contribution in [-0.2, 0) is 21.2 Å². The van der Waals surface area contributed by atoms with Crippen LogP contribution in [-0.4, -0.2) is 30.5 Å². The van der Waals surface area contributed by atoms with E-state index in [1.165, 1.54) is 12.1 Å². The van der Waals surface area contributed by atoms with Crippen molar-refractivity contribution in [3.63, 3.8) is 0 Å². The number of carbonyl (C=O) groups is 1. The lowest BCUT2D eigenvalue weighted by atomic mass is 10.1. The summed E-state index contributed by atoms with van der Waals surface area (Å²) in [5.41, 5.74) is 10.7. The lowest BCUT2D eigenvalue weighted by Gasteiger charge is -2.16. The number of nitrogens with two attached hydrogens (primary N) is 2. The quantitative estimate of drug-likeness (QED) is 0.282. The molecule has 0 fully saturated rings. The van der Waals surface area contributed by atoms with Gasteiger partial charge in [0.15, 0.2) is 0 Å². The molecule has 0 unspecified atom stereocenters. The van der Waals surface area contributed by atoms with Gasteiger partial charge in [0.25, 0.3) is 5.69 Å². The maximum atomic E-state index is 12.5. The summed E-state index contributed by atoms with van der Waals surface area (Å²) in [7, 11) is -4.33. The third kappa shape index (κ3) is 4.81. The number of sulfonamides is 1. The summed E-state index contributed by atoms with van der Waals surface area (Å²) in [4.78, 5) is 21.4. The maximum absolute atomic E-state index is 12.5. The highest BCUT2D eigenvalue weighted by atomic mass is 35.5. The second kappa shape index (κ2) is 8.19. The van der Waals surface area contributed by atoms with Crippen LogP contribution in [0.15, 0.2) is 35.2 Å². The van der Waals surface area contributed by atoms with Crippen molar-refractivity contribution in [2.75, 3.05) is 11.5 Å². The van der Waals surface area contributed by atoms with Gasteiger partial charge in [0.05, 0.1) is 25.6 Å². The van der Waals surface area contributed by atoms with Crippen molar-refractivity contribution in [2.24, 2.45) is 0 Å². The number of anilines is 2. The summed E-state index contributed by atoms with van der Waals surface area (Å²) in [6, 6.07) is 4.11. The fraction of sp³-hybridized carbons (Fsp3) is 0.133. The minimum Gasteiger partial charge on any atom is -0.480 e. The van der Waals surface area contributed by atoms with E-state index in [0.29, 0.717) is 0 Å². The molecule has 0 aliphatic carbocycles. The van der Waals surface area contributed by atoms with Crippen LogP contribution in [0, 0.1) is 10.1 Å². The third-order valence-corrected chi connectivity index (χ3v) is 5.77. The van der Waals surface area contributed by atoms with Crippen LogP contribution in [0.2, 0.25) is 10.0 Å². The van der Waals surface area contributed by atoms with Crippen LogP contribution in [0.5, 0.6) is 0 Å². The zero-order chi connectivity index (χ0) is 21.2. The maximum Gasteiger partial charge on any atom is 0.322 e. The molecule has 13 heteroatoms. The Morgan fingerprint density at radius 2 is 1.79 bits per heavy atom. The molecule has 0 spiro atoms. The van der Waals surface area contributed by atoms with Crippen molar-refractivity contribution in [3.8, 4) is 0 Å². The second-order valence-corrected chi connectivity index (χ2v) is 8.20. The molecule has 150 valence electrons. The van der Waals surface area contributed by atoms with Crippen LogP contribution >= 0.6 is 23.2 Å². The van der Waals surface area contributed by atoms with E-state index in [-0.39, 0.29) is 38.3 Å². The number of aliphatic carboxylic acids is 1. The van der Waals surface area contributed by atoms with Gasteiger partial charge in [-0.15, -0.1) is 0 Å². The molecule has 0 radical (unpaired) electrons. The topological polar surface area (TPSA) is 179 Å². The zero-order valence-electron chi connectivity index (χ0n) is 13.9. The van der Waals surface area contributed by atoms with Gasteiger partial charge in [-0.1, -0.05) is 29.3 Å². The lowest BCUT2D eigenvalue weighted by molar-refractivity contribution is -0.384. The van der Waals surface area contributed by atoms with Crippen molar-refractivity contribution in [2.45, 2.75) is 17.4 Å². The van der Waals surface area contributed by atoms with E-state index in [0.717, 1.165) is 18.2 Å². The largest absolute Gasteiger partial charge is 0.480 e. The summed E-state index contributed by atoms with van der Waals surface area (Å²) < 4.78 is 27.1. The molecule has 0 aliphatic heterocycles. The number of nitrogen functional groups attached to an aromatic ring is 2. The van der Waals surface area contributed by atoms with Crippen LogP contribution in [0.4, 0.5) is 17.1 Å². The number of hydrogen-bond donors (Lipinski definition) is 4. The molecule has 0 aliphatic rings. The van der Waals surface area contributed by atoms with Gasteiger partial charge in [-0.05, 0) is 30.2 Å². The Balaban J connectivity index is 2.34. The van der Waals surface area contributed by atoms with Gasteiger partial charge in [0.2, 0.25) is 10.0 Å². The Morgan fingerprint density at radius 3 is 2.29 bits per heavy atom. The number of nitro benzene ring substituents is 1. The summed E-state index contributed by atoms with van der Waals surface area (Å²) >= 11 is 11.6. The monoisotopic (exact) mass is 448 g/mol. The molecule has 0 saturated heterocycles. The first kappa shape index (κ1) is 21.7. The van der Waals surface area contributed by atoms with Gasteiger partial charge in [-0.3, -0.25) is 14.9 Å². The molecule has 0 heterocycles. The van der Waals surface area contributed by atoms with E-state index in [9.17, 15) is 28.4 Å². The molecule has 1 atom stereocenters. The molecular weight excluding hydrogens is 435 g/mol. The molecule has 2 rings (SSSR count). The van der Waals surface area contributed by atoms with E-state index in [1.807, 2.05) is 4.72 Å². The average Bonchev–Trinajstić information content (AvgIpc) is 2.59. The van der Waals surface area contributed by atoms with E-state index >= 15 is 0 Å². The predicted molar refractivity (Wildman–Crippen MR) is 104 cm³/mol. The minimum absolute atomic E-state index is 0.0220. The Morgan fingerprint density at radius 1 is 1.21 bits per heavy atom. The van der Waals surface area contributed by atoms with Gasteiger partial charge in [0, 0.05) is 6.07 Å². The van der Waals surface area contributed by atoms with Crippen molar-refractivity contribution >= 4 is 56.3 Å². The Kier molecular flexibility index (Phi) is 6.34. The van der Waals surface area contributed by atoms with Gasteiger partial charge >= 0.3 is 5.97 Å². The first-order valence-electron chi connectivity index (χ1n) is 7.45. The Bertz CT molecular complexity index is 1040. The molecule has 0 saturated carbocycles. The molecule has 2 aromatic rings. The van der Waals surface area contributed by atoms with Gasteiger partial charge < -0.3 is 16.6 Å². The number of carboxylic acids is 1. The number of carboxylic acid groups (broad SMARTS) is 1. The highest BCUT2D eigenvalue weighted by Gasteiger charge is 2.27. The average molecular weight is 449 g/mol. The molecule has 10 nitrogen and oxygen atoms in total. The van der Waals surface area contributed by atoms with Crippen molar-refractivity contribution in [1.29, 1.82) is 0 Å². The molecule has 6 N–H and O–H groups in total. The predicted octanol–water partition coefficient (Wildman–Crippen LogP) is 2.04. The smallest absolute Gasteiger partial charge is 0.322 e. The summed E-state index contributed by atoms with van der Waals surface area (Å²) in [5.74, 6) is -1.49. The summed E-state index contributed by atoms with van der Waals surface area (Å²) in [5, 5.41) is 20.1. The standard InChI is InChI=1S/C15H14Cl2N4O6S/c16-9-5-8(6-10(17)14(9)19)28(26,27)20-12(15(22)23)3-7-1-2-11(18)13(4-7)21(24)25/h1-2,4-6,12,20H,3,18-19H2,(H,22,23)/t12-/m0/s1. The van der Waals surface area contributed by atoms with Crippen molar-refractivity contribution in [3.05, 3.63) is 56.1 Å². The molecular formula is C15H14Cl2N4O6S. The number of halogens is 2. The number of nitro groups is 1. The van der Waals surface area contributed by atoms with E-state index in [2.05, 4.69) is 0 Å². The van der Waals surface area contributed by atoms with Gasteiger partial charge in [0.1, 0.15) is 11.7 Å². The fourth-order valence-corrected chi connectivity index (χ4v) is 4.12. The fourth-order valence-electron chi connectivity index (χ4n) is 2.26. The first-order valence-corrected chi connectivity index (χ1v) is 9.68. The van der Waals surface area contributed by atoms with E-state index in [4.69, 9.17) is 34.7 Å². The number of benzene rings is 2. The highest BCUT2D eigenvalue weighted by molar-refractivity contribution is 7.89. The summed E-state index contributed by atoms with van der Waals surface area (Å²) in [6.45, 7) is 0. The molecule has 0 amide bonds. The van der Waals surface area contributed by atoms with Gasteiger partial charge in [-0.2, -0.15) is 4.72 Å². The zero-order valence-corrected chi connectivity index (χ0v) is 16.3. The molecule has 0 aromatic heterocycles. The first-order chi connectivity index (χ1) is 12.9. The number of rotatable bonds is 7. The van der Waals surface area contributed by atoms with E-state index in [1.54, 1.807) is 0 Å². The van der Waals surface area contributed by atoms with Gasteiger partial charge in [-0.25, -0.2) is 8.42 Å². The summed E-state index contributed by atoms with van der Waals surface area (Å²) in [6.07, 6.45) is -0.369. The lowest BCUT2D eigenvalue weighted by Crippen LogP contribution is -2.42. The van der Waals surface area contributed by atoms with Crippen molar-refractivity contribution < 1.29 is 23.2 Å². The molecule has 2 aromatic carbocycles. The molecule has 0 bridgehead atoms. The number of nitrogens with one attached hydrogen (secondary N) is 1. The number of hydrogen-bond acceptors (Lipinski definition) is 7. The minimum atomic E-state index is -4.33. The normalized spacial score (nSPS) is 12.5. The van der Waals surface area contributed by atoms with Crippen LogP contribution in [0.3, 0.4) is 0 Å². The van der Waals surface area contributed by atoms with Crippen molar-refractivity contribution in [1.82, 2.24) is 4.72 Å². The Hall–Kier alpha value is -2.60. The SMILES string of the molecule is Nc1ccc(C[C@H](NS(=O)(=O)c2cc(Cl)c(N)c(Cl)c2)C(=O)O)cc1[N+](=O)[O-]. The Labute approximate surface area is 169 Å².